The third-order valence-corrected chi connectivity index (χ3v) is 4.49. The summed E-state index contributed by atoms with van der Waals surface area (Å²) in [6, 6.07) is 9.89. The first-order valence-corrected chi connectivity index (χ1v) is 8.94. The lowest BCUT2D eigenvalue weighted by molar-refractivity contribution is 0.0550. The molecule has 1 N–H and O–H groups in total. The molecule has 3 rings (SSSR count). The standard InChI is InChI=1S/C20H24FN3O2/c21-19-5-3-16(4-6-19)13-24(14-17-7-9-22-10-8-17)20(25)23-12-18-2-1-11-26-15-18/h3-10,18H,1-2,11-15H2,(H,23,25)/t18-/m0/s1. The Morgan fingerprint density at radius 2 is 1.85 bits per heavy atom. The van der Waals surface area contributed by atoms with Gasteiger partial charge in [-0.05, 0) is 54.2 Å². The van der Waals surface area contributed by atoms with Crippen molar-refractivity contribution in [2.45, 2.75) is 25.9 Å². The molecule has 0 spiro atoms. The van der Waals surface area contributed by atoms with Crippen molar-refractivity contribution >= 4 is 6.03 Å². The fraction of sp³-hybridized carbons (Fsp3) is 0.400. The van der Waals surface area contributed by atoms with Gasteiger partial charge in [0.1, 0.15) is 5.82 Å². The van der Waals surface area contributed by atoms with E-state index in [9.17, 15) is 9.18 Å². The number of carbonyl (C=O) groups excluding carboxylic acids is 1. The van der Waals surface area contributed by atoms with Gasteiger partial charge in [0.2, 0.25) is 0 Å². The number of ether oxygens (including phenoxy) is 1. The molecule has 0 unspecified atom stereocenters. The van der Waals surface area contributed by atoms with E-state index in [0.29, 0.717) is 32.2 Å². The maximum absolute atomic E-state index is 13.1. The number of nitrogens with zero attached hydrogens (tertiary/aromatic N) is 2. The topological polar surface area (TPSA) is 54.5 Å². The quantitative estimate of drug-likeness (QED) is 0.862. The predicted octanol–water partition coefficient (Wildman–Crippen LogP) is 3.36. The van der Waals surface area contributed by atoms with Crippen LogP contribution in [0.3, 0.4) is 0 Å². The molecular formula is C20H24FN3O2. The van der Waals surface area contributed by atoms with E-state index in [1.165, 1.54) is 12.1 Å². The van der Waals surface area contributed by atoms with Crippen LogP contribution in [0, 0.1) is 11.7 Å². The summed E-state index contributed by atoms with van der Waals surface area (Å²) in [5.41, 5.74) is 1.88. The number of carbonyl (C=O) groups is 1. The van der Waals surface area contributed by atoms with Gasteiger partial charge in [0.05, 0.1) is 6.61 Å². The van der Waals surface area contributed by atoms with Crippen LogP contribution in [0.15, 0.2) is 48.8 Å². The lowest BCUT2D eigenvalue weighted by Gasteiger charge is -2.26. The number of urea groups is 1. The summed E-state index contributed by atoms with van der Waals surface area (Å²) in [6.07, 6.45) is 5.53. The Balaban J connectivity index is 1.64. The van der Waals surface area contributed by atoms with Crippen molar-refractivity contribution in [2.75, 3.05) is 19.8 Å². The first kappa shape index (κ1) is 18.3. The fourth-order valence-corrected chi connectivity index (χ4v) is 3.03. The second kappa shape index (κ2) is 9.29. The Kier molecular flexibility index (Phi) is 6.55. The second-order valence-electron chi connectivity index (χ2n) is 6.61. The van der Waals surface area contributed by atoms with E-state index in [2.05, 4.69) is 10.3 Å². The van der Waals surface area contributed by atoms with E-state index >= 15 is 0 Å². The molecular weight excluding hydrogens is 333 g/mol. The Bertz CT molecular complexity index is 688. The SMILES string of the molecule is O=C(NC[C@@H]1CCCOC1)N(Cc1ccncc1)Cc1ccc(F)cc1. The highest BCUT2D eigenvalue weighted by atomic mass is 19.1. The molecule has 1 fully saturated rings. The molecule has 0 bridgehead atoms. The number of hydrogen-bond acceptors (Lipinski definition) is 3. The van der Waals surface area contributed by atoms with Crippen LogP contribution in [0.2, 0.25) is 0 Å². The maximum atomic E-state index is 13.1. The first-order chi connectivity index (χ1) is 12.7. The van der Waals surface area contributed by atoms with E-state index in [0.717, 1.165) is 30.6 Å². The molecule has 0 aliphatic carbocycles. The van der Waals surface area contributed by atoms with Crippen molar-refractivity contribution in [1.82, 2.24) is 15.2 Å². The van der Waals surface area contributed by atoms with Crippen LogP contribution in [0.1, 0.15) is 24.0 Å². The summed E-state index contributed by atoms with van der Waals surface area (Å²) in [5.74, 6) is 0.0810. The van der Waals surface area contributed by atoms with Crippen molar-refractivity contribution in [3.05, 3.63) is 65.7 Å². The van der Waals surface area contributed by atoms with Gasteiger partial charge in [-0.15, -0.1) is 0 Å². The van der Waals surface area contributed by atoms with E-state index in [1.54, 1.807) is 29.4 Å². The van der Waals surface area contributed by atoms with E-state index in [4.69, 9.17) is 4.74 Å². The fourth-order valence-electron chi connectivity index (χ4n) is 3.03. The average Bonchev–Trinajstić information content (AvgIpc) is 2.69. The monoisotopic (exact) mass is 357 g/mol. The van der Waals surface area contributed by atoms with Crippen LogP contribution >= 0.6 is 0 Å². The van der Waals surface area contributed by atoms with Gasteiger partial charge in [-0.1, -0.05) is 12.1 Å². The predicted molar refractivity (Wildman–Crippen MR) is 96.8 cm³/mol. The molecule has 26 heavy (non-hydrogen) atoms. The number of benzene rings is 1. The van der Waals surface area contributed by atoms with Crippen LogP contribution < -0.4 is 5.32 Å². The summed E-state index contributed by atoms with van der Waals surface area (Å²) in [7, 11) is 0. The zero-order valence-corrected chi connectivity index (χ0v) is 14.7. The van der Waals surface area contributed by atoms with Crippen molar-refractivity contribution in [2.24, 2.45) is 5.92 Å². The van der Waals surface area contributed by atoms with Crippen LogP contribution in [-0.4, -0.2) is 35.7 Å². The molecule has 1 saturated heterocycles. The summed E-state index contributed by atoms with van der Waals surface area (Å²) in [4.78, 5) is 18.5. The van der Waals surface area contributed by atoms with Crippen molar-refractivity contribution in [3.8, 4) is 0 Å². The molecule has 2 amide bonds. The highest BCUT2D eigenvalue weighted by Gasteiger charge is 2.18. The number of halogens is 1. The lowest BCUT2D eigenvalue weighted by atomic mass is 10.0. The van der Waals surface area contributed by atoms with Gasteiger partial charge in [-0.25, -0.2) is 9.18 Å². The molecule has 2 heterocycles. The molecule has 1 aromatic carbocycles. The number of rotatable bonds is 6. The van der Waals surface area contributed by atoms with Gasteiger partial charge in [0, 0.05) is 38.6 Å². The van der Waals surface area contributed by atoms with E-state index in [1.807, 2.05) is 12.1 Å². The first-order valence-electron chi connectivity index (χ1n) is 8.94. The molecule has 5 nitrogen and oxygen atoms in total. The number of pyridine rings is 1. The smallest absolute Gasteiger partial charge is 0.318 e. The largest absolute Gasteiger partial charge is 0.381 e. The summed E-state index contributed by atoms with van der Waals surface area (Å²) in [6.45, 7) is 2.99. The van der Waals surface area contributed by atoms with Crippen LogP contribution in [0.25, 0.3) is 0 Å². The molecule has 2 aromatic rings. The molecule has 1 aliphatic rings. The Morgan fingerprint density at radius 1 is 1.15 bits per heavy atom. The Morgan fingerprint density at radius 3 is 2.50 bits per heavy atom. The van der Waals surface area contributed by atoms with Gasteiger partial charge in [0.25, 0.3) is 0 Å². The van der Waals surface area contributed by atoms with Gasteiger partial charge < -0.3 is 15.0 Å². The number of nitrogens with one attached hydrogen (secondary N) is 1. The minimum Gasteiger partial charge on any atom is -0.381 e. The minimum absolute atomic E-state index is 0.128. The molecule has 1 atom stereocenters. The van der Waals surface area contributed by atoms with E-state index < -0.39 is 0 Å². The molecule has 6 heteroatoms. The number of hydrogen-bond donors (Lipinski definition) is 1. The molecule has 138 valence electrons. The summed E-state index contributed by atoms with van der Waals surface area (Å²) in [5, 5.41) is 3.02. The third-order valence-electron chi connectivity index (χ3n) is 4.49. The maximum Gasteiger partial charge on any atom is 0.318 e. The van der Waals surface area contributed by atoms with Gasteiger partial charge in [0.15, 0.2) is 0 Å². The molecule has 1 aromatic heterocycles. The zero-order chi connectivity index (χ0) is 18.2. The number of amides is 2. The summed E-state index contributed by atoms with van der Waals surface area (Å²) >= 11 is 0. The Hall–Kier alpha value is -2.47. The number of aromatic nitrogens is 1. The van der Waals surface area contributed by atoms with Crippen molar-refractivity contribution in [3.63, 3.8) is 0 Å². The van der Waals surface area contributed by atoms with Crippen LogP contribution in [-0.2, 0) is 17.8 Å². The second-order valence-corrected chi connectivity index (χ2v) is 6.61. The average molecular weight is 357 g/mol. The van der Waals surface area contributed by atoms with E-state index in [-0.39, 0.29) is 11.8 Å². The third kappa shape index (κ3) is 5.52. The van der Waals surface area contributed by atoms with Gasteiger partial charge in [-0.2, -0.15) is 0 Å². The highest BCUT2D eigenvalue weighted by molar-refractivity contribution is 5.74. The van der Waals surface area contributed by atoms with Crippen LogP contribution in [0.5, 0.6) is 0 Å². The molecule has 0 saturated carbocycles. The summed E-state index contributed by atoms with van der Waals surface area (Å²) < 4.78 is 18.6. The highest BCUT2D eigenvalue weighted by Crippen LogP contribution is 2.14. The Labute approximate surface area is 153 Å². The molecule has 1 aliphatic heterocycles. The lowest BCUT2D eigenvalue weighted by Crippen LogP contribution is -2.42. The normalized spacial score (nSPS) is 16.9. The van der Waals surface area contributed by atoms with Crippen LogP contribution in [0.4, 0.5) is 9.18 Å². The van der Waals surface area contributed by atoms with Crippen molar-refractivity contribution < 1.29 is 13.9 Å². The zero-order valence-electron chi connectivity index (χ0n) is 14.7. The van der Waals surface area contributed by atoms with Gasteiger partial charge in [-0.3, -0.25) is 4.98 Å². The molecule has 0 radical (unpaired) electrons. The van der Waals surface area contributed by atoms with Crippen molar-refractivity contribution in [1.29, 1.82) is 0 Å². The minimum atomic E-state index is -0.281. The van der Waals surface area contributed by atoms with Gasteiger partial charge >= 0.3 is 6.03 Å².